The van der Waals surface area contributed by atoms with Crippen molar-refractivity contribution in [3.05, 3.63) is 89.8 Å². The Morgan fingerprint density at radius 3 is 2.69 bits per heavy atom. The summed E-state index contributed by atoms with van der Waals surface area (Å²) >= 11 is 0. The van der Waals surface area contributed by atoms with E-state index >= 15 is 0 Å². The molecule has 1 N–H and O–H groups in total. The van der Waals surface area contributed by atoms with Crippen molar-refractivity contribution >= 4 is 5.91 Å². The predicted molar refractivity (Wildman–Crippen MR) is 120 cm³/mol. The van der Waals surface area contributed by atoms with Gasteiger partial charge >= 0.3 is 0 Å². The third kappa shape index (κ3) is 5.29. The highest BCUT2D eigenvalue weighted by Crippen LogP contribution is 2.30. The fourth-order valence-corrected chi connectivity index (χ4v) is 4.24. The molecule has 2 atom stereocenters. The Morgan fingerprint density at radius 1 is 1.19 bits per heavy atom. The molecule has 0 saturated carbocycles. The monoisotopic (exact) mass is 434 g/mol. The second-order valence-electron chi connectivity index (χ2n) is 8.02. The third-order valence-corrected chi connectivity index (χ3v) is 5.86. The quantitative estimate of drug-likeness (QED) is 0.609. The highest BCUT2D eigenvalue weighted by molar-refractivity contribution is 5.92. The lowest BCUT2D eigenvalue weighted by molar-refractivity contribution is 0.0869. The second kappa shape index (κ2) is 10.3. The molecule has 0 aliphatic carbocycles. The Hall–Kier alpha value is -3.32. The summed E-state index contributed by atoms with van der Waals surface area (Å²) < 4.78 is 19.6. The number of aromatic nitrogens is 2. The molecular formula is C25H27FN4O2. The molecule has 3 heterocycles. The zero-order valence-electron chi connectivity index (χ0n) is 18.1. The minimum absolute atomic E-state index is 0.146. The fourth-order valence-electron chi connectivity index (χ4n) is 4.24. The number of nitrogens with zero attached hydrogens (tertiary/aromatic N) is 3. The summed E-state index contributed by atoms with van der Waals surface area (Å²) in [6.45, 7) is 2.12. The molecule has 1 amide bonds. The molecule has 32 heavy (non-hydrogen) atoms. The van der Waals surface area contributed by atoms with Gasteiger partial charge in [-0.25, -0.2) is 4.39 Å². The van der Waals surface area contributed by atoms with Gasteiger partial charge in [0.15, 0.2) is 0 Å². The third-order valence-electron chi connectivity index (χ3n) is 5.86. The zero-order valence-corrected chi connectivity index (χ0v) is 18.1. The van der Waals surface area contributed by atoms with Crippen LogP contribution in [-0.4, -0.2) is 41.0 Å². The number of rotatable bonds is 7. The molecule has 1 saturated heterocycles. The number of pyridine rings is 2. The smallest absolute Gasteiger partial charge is 0.270 e. The molecule has 2 aromatic heterocycles. The van der Waals surface area contributed by atoms with Crippen molar-refractivity contribution in [1.82, 2.24) is 20.2 Å². The summed E-state index contributed by atoms with van der Waals surface area (Å²) in [7, 11) is 1.53. The van der Waals surface area contributed by atoms with Crippen molar-refractivity contribution in [1.29, 1.82) is 0 Å². The topological polar surface area (TPSA) is 67.3 Å². The van der Waals surface area contributed by atoms with E-state index in [0.717, 1.165) is 31.6 Å². The summed E-state index contributed by atoms with van der Waals surface area (Å²) in [6.07, 6.45) is 5.26. The minimum atomic E-state index is -0.267. The summed E-state index contributed by atoms with van der Waals surface area (Å²) in [5, 5.41) is 3.15. The average Bonchev–Trinajstić information content (AvgIpc) is 2.85. The highest BCUT2D eigenvalue weighted by Gasteiger charge is 2.31. The number of ether oxygens (including phenoxy) is 1. The van der Waals surface area contributed by atoms with E-state index in [0.29, 0.717) is 23.6 Å². The van der Waals surface area contributed by atoms with Gasteiger partial charge in [0.25, 0.3) is 5.91 Å². The number of amides is 1. The number of hydrogen-bond donors (Lipinski definition) is 1. The molecule has 1 aromatic carbocycles. The second-order valence-corrected chi connectivity index (χ2v) is 8.02. The molecule has 166 valence electrons. The van der Waals surface area contributed by atoms with Crippen LogP contribution in [0.5, 0.6) is 5.75 Å². The Morgan fingerprint density at radius 2 is 2.00 bits per heavy atom. The van der Waals surface area contributed by atoms with Gasteiger partial charge in [-0.2, -0.15) is 0 Å². The number of benzene rings is 1. The first kappa shape index (κ1) is 21.9. The molecule has 3 aromatic rings. The molecule has 0 spiro atoms. The molecule has 7 heteroatoms. The van der Waals surface area contributed by atoms with Crippen molar-refractivity contribution in [2.75, 3.05) is 20.2 Å². The first-order valence-electron chi connectivity index (χ1n) is 10.8. The molecule has 1 aliphatic rings. The summed E-state index contributed by atoms with van der Waals surface area (Å²) in [5.74, 6) is 0.165. The van der Waals surface area contributed by atoms with E-state index in [4.69, 9.17) is 4.74 Å². The van der Waals surface area contributed by atoms with Crippen molar-refractivity contribution < 1.29 is 13.9 Å². The van der Waals surface area contributed by atoms with Gasteiger partial charge in [-0.1, -0.05) is 18.2 Å². The van der Waals surface area contributed by atoms with Crippen molar-refractivity contribution in [3.63, 3.8) is 0 Å². The number of likely N-dealkylation sites (tertiary alicyclic amines) is 1. The maximum atomic E-state index is 14.5. The molecule has 4 rings (SSSR count). The van der Waals surface area contributed by atoms with Crippen LogP contribution in [0.25, 0.3) is 0 Å². The number of carbonyl (C=O) groups excluding carboxylic acids is 1. The number of methoxy groups -OCH3 is 1. The van der Waals surface area contributed by atoms with Crippen LogP contribution in [0.3, 0.4) is 0 Å². The number of halogens is 1. The van der Waals surface area contributed by atoms with E-state index < -0.39 is 0 Å². The molecule has 1 aliphatic heterocycles. The van der Waals surface area contributed by atoms with E-state index in [1.807, 2.05) is 18.2 Å². The van der Waals surface area contributed by atoms with Crippen LogP contribution in [-0.2, 0) is 6.54 Å². The van der Waals surface area contributed by atoms with Crippen LogP contribution in [0.15, 0.2) is 67.0 Å². The Bertz CT molecular complexity index is 1030. The zero-order chi connectivity index (χ0) is 22.3. The number of nitrogens with one attached hydrogen (secondary N) is 1. The van der Waals surface area contributed by atoms with Gasteiger partial charge in [0.1, 0.15) is 17.3 Å². The van der Waals surface area contributed by atoms with Gasteiger partial charge in [0.2, 0.25) is 0 Å². The normalized spacial score (nSPS) is 17.5. The largest absolute Gasteiger partial charge is 0.497 e. The van der Waals surface area contributed by atoms with Gasteiger partial charge in [-0.15, -0.1) is 0 Å². The summed E-state index contributed by atoms with van der Waals surface area (Å²) in [5.41, 5.74) is 1.83. The van der Waals surface area contributed by atoms with Crippen LogP contribution in [0.1, 0.15) is 40.6 Å². The predicted octanol–water partition coefficient (Wildman–Crippen LogP) is 4.01. The van der Waals surface area contributed by atoms with E-state index in [-0.39, 0.29) is 23.7 Å². The average molecular weight is 435 g/mol. The molecular weight excluding hydrogens is 407 g/mol. The number of hydrogen-bond acceptors (Lipinski definition) is 5. The van der Waals surface area contributed by atoms with Crippen LogP contribution >= 0.6 is 0 Å². The first-order chi connectivity index (χ1) is 15.6. The molecule has 0 bridgehead atoms. The molecule has 0 unspecified atom stereocenters. The van der Waals surface area contributed by atoms with Gasteiger partial charge in [-0.05, 0) is 55.6 Å². The van der Waals surface area contributed by atoms with Crippen LogP contribution < -0.4 is 10.1 Å². The Kier molecular flexibility index (Phi) is 7.07. The van der Waals surface area contributed by atoms with Crippen LogP contribution in [0.2, 0.25) is 0 Å². The first-order valence-corrected chi connectivity index (χ1v) is 10.8. The lowest BCUT2D eigenvalue weighted by atomic mass is 9.88. The lowest BCUT2D eigenvalue weighted by Gasteiger charge is -2.37. The Labute approximate surface area is 187 Å². The standard InChI is InChI=1S/C25H27FN4O2/c1-32-20-11-10-18(21(26)15-20)16-30-14-6-7-19(17-30)24(22-8-2-4-12-27-22)29-25(31)23-9-3-5-13-28-23/h2-5,8-13,15,19,24H,6-7,14,16-17H2,1H3,(H,29,31)/t19-,24+/m1/s1. The molecule has 0 radical (unpaired) electrons. The SMILES string of the molecule is COc1ccc(CN2CCC[C@@H]([C@H](NC(=O)c3ccccn3)c3ccccn3)C2)c(F)c1. The number of piperidine rings is 1. The number of carbonyl (C=O) groups is 1. The van der Waals surface area contributed by atoms with Crippen LogP contribution in [0, 0.1) is 11.7 Å². The van der Waals surface area contributed by atoms with Crippen LogP contribution in [0.4, 0.5) is 4.39 Å². The maximum absolute atomic E-state index is 14.5. The van der Waals surface area contributed by atoms with Crippen molar-refractivity contribution in [2.45, 2.75) is 25.4 Å². The van der Waals surface area contributed by atoms with E-state index in [1.54, 1.807) is 42.7 Å². The minimum Gasteiger partial charge on any atom is -0.497 e. The van der Waals surface area contributed by atoms with Gasteiger partial charge in [-0.3, -0.25) is 19.7 Å². The van der Waals surface area contributed by atoms with Gasteiger partial charge in [0.05, 0.1) is 18.8 Å². The van der Waals surface area contributed by atoms with Gasteiger partial charge in [0, 0.05) is 37.1 Å². The molecule has 6 nitrogen and oxygen atoms in total. The Balaban J connectivity index is 1.51. The highest BCUT2D eigenvalue weighted by atomic mass is 19.1. The maximum Gasteiger partial charge on any atom is 0.270 e. The fraction of sp³-hybridized carbons (Fsp3) is 0.320. The van der Waals surface area contributed by atoms with E-state index in [9.17, 15) is 9.18 Å². The van der Waals surface area contributed by atoms with Crippen molar-refractivity contribution in [3.8, 4) is 5.75 Å². The van der Waals surface area contributed by atoms with E-state index in [1.165, 1.54) is 13.2 Å². The summed E-state index contributed by atoms with van der Waals surface area (Å²) in [4.78, 5) is 23.8. The van der Waals surface area contributed by atoms with Gasteiger partial charge < -0.3 is 10.1 Å². The molecule has 1 fully saturated rings. The lowest BCUT2D eigenvalue weighted by Crippen LogP contribution is -2.43. The van der Waals surface area contributed by atoms with E-state index in [2.05, 4.69) is 20.2 Å². The summed E-state index contributed by atoms with van der Waals surface area (Å²) in [6, 6.07) is 15.7. The van der Waals surface area contributed by atoms with Crippen molar-refractivity contribution in [2.24, 2.45) is 5.92 Å².